The number of ether oxygens (including phenoxy) is 1. The molecule has 21 heavy (non-hydrogen) atoms. The van der Waals surface area contributed by atoms with Crippen molar-refractivity contribution in [3.05, 3.63) is 18.5 Å². The largest absolute Gasteiger partial charge is 0.380 e. The topological polar surface area (TPSA) is 81.0 Å². The molecule has 1 atom stereocenters. The number of aromatic nitrogens is 5. The molecule has 3 rings (SSSR count). The minimum absolute atomic E-state index is 0.224. The minimum Gasteiger partial charge on any atom is -0.380 e. The fraction of sp³-hybridized carbons (Fsp3) is 0.538. The van der Waals surface area contributed by atoms with Gasteiger partial charge in [-0.25, -0.2) is 4.68 Å². The van der Waals surface area contributed by atoms with Crippen LogP contribution in [-0.2, 0) is 4.74 Å². The maximum absolute atomic E-state index is 5.46. The predicted octanol–water partition coefficient (Wildman–Crippen LogP) is 0.714. The Hall–Kier alpha value is -2.22. The zero-order valence-electron chi connectivity index (χ0n) is 12.2. The summed E-state index contributed by atoms with van der Waals surface area (Å²) in [7, 11) is 3.54. The summed E-state index contributed by atoms with van der Waals surface area (Å²) in [5.41, 5.74) is 0. The number of nitrogens with one attached hydrogen (secondary N) is 1. The third kappa shape index (κ3) is 2.94. The monoisotopic (exact) mass is 289 g/mol. The van der Waals surface area contributed by atoms with Crippen LogP contribution in [0.3, 0.4) is 0 Å². The van der Waals surface area contributed by atoms with Gasteiger partial charge in [-0.05, 0) is 18.9 Å². The van der Waals surface area contributed by atoms with Crippen LogP contribution in [0.4, 0.5) is 11.9 Å². The van der Waals surface area contributed by atoms with Gasteiger partial charge in [-0.15, -0.1) is 0 Å². The van der Waals surface area contributed by atoms with Crippen LogP contribution >= 0.6 is 0 Å². The predicted molar refractivity (Wildman–Crippen MR) is 78.7 cm³/mol. The van der Waals surface area contributed by atoms with Crippen LogP contribution in [0, 0.1) is 0 Å². The molecule has 0 aromatic carbocycles. The second-order valence-electron chi connectivity index (χ2n) is 4.91. The van der Waals surface area contributed by atoms with Crippen molar-refractivity contribution in [3.8, 4) is 5.95 Å². The summed E-state index contributed by atoms with van der Waals surface area (Å²) < 4.78 is 7.08. The fourth-order valence-electron chi connectivity index (χ4n) is 2.41. The van der Waals surface area contributed by atoms with Crippen LogP contribution in [0.1, 0.15) is 12.8 Å². The highest BCUT2D eigenvalue weighted by molar-refractivity contribution is 5.40. The van der Waals surface area contributed by atoms with Gasteiger partial charge in [0.1, 0.15) is 0 Å². The molecule has 8 nitrogen and oxygen atoms in total. The van der Waals surface area contributed by atoms with E-state index in [1.165, 1.54) is 0 Å². The Kier molecular flexibility index (Phi) is 3.96. The molecular weight excluding hydrogens is 270 g/mol. The molecule has 1 aliphatic rings. The number of anilines is 2. The van der Waals surface area contributed by atoms with E-state index in [1.807, 2.05) is 12.3 Å². The van der Waals surface area contributed by atoms with E-state index in [0.717, 1.165) is 25.9 Å². The molecule has 3 heterocycles. The molecule has 0 bridgehead atoms. The van der Waals surface area contributed by atoms with E-state index in [0.29, 0.717) is 17.8 Å². The third-order valence-electron chi connectivity index (χ3n) is 3.54. The first-order chi connectivity index (χ1) is 10.3. The van der Waals surface area contributed by atoms with E-state index >= 15 is 0 Å². The molecule has 1 saturated heterocycles. The summed E-state index contributed by atoms with van der Waals surface area (Å²) in [5, 5.41) is 7.14. The highest BCUT2D eigenvalue weighted by Crippen LogP contribution is 2.19. The summed E-state index contributed by atoms with van der Waals surface area (Å²) in [6.45, 7) is 1.72. The fourth-order valence-corrected chi connectivity index (χ4v) is 2.41. The molecule has 112 valence electrons. The normalized spacial score (nSPS) is 18.8. The average molecular weight is 289 g/mol. The Balaban J connectivity index is 1.92. The van der Waals surface area contributed by atoms with Crippen molar-refractivity contribution in [2.24, 2.45) is 0 Å². The zero-order valence-corrected chi connectivity index (χ0v) is 12.2. The number of hydrogen-bond acceptors (Lipinski definition) is 7. The summed E-state index contributed by atoms with van der Waals surface area (Å²) in [5.74, 6) is 1.69. The van der Waals surface area contributed by atoms with Gasteiger partial charge in [0.25, 0.3) is 5.95 Å². The van der Waals surface area contributed by atoms with E-state index in [2.05, 4.69) is 30.3 Å². The zero-order chi connectivity index (χ0) is 14.7. The molecule has 0 saturated carbocycles. The number of rotatable bonds is 4. The van der Waals surface area contributed by atoms with Gasteiger partial charge in [-0.3, -0.25) is 0 Å². The number of nitrogens with zero attached hydrogens (tertiary/aromatic N) is 6. The van der Waals surface area contributed by atoms with Crippen molar-refractivity contribution in [3.63, 3.8) is 0 Å². The van der Waals surface area contributed by atoms with Gasteiger partial charge in [-0.1, -0.05) is 0 Å². The van der Waals surface area contributed by atoms with Crippen LogP contribution in [0.15, 0.2) is 18.5 Å². The van der Waals surface area contributed by atoms with Crippen LogP contribution in [0.2, 0.25) is 0 Å². The Morgan fingerprint density at radius 3 is 2.86 bits per heavy atom. The molecule has 0 radical (unpaired) electrons. The Morgan fingerprint density at radius 2 is 2.14 bits per heavy atom. The van der Waals surface area contributed by atoms with E-state index in [1.54, 1.807) is 25.0 Å². The molecule has 0 spiro atoms. The van der Waals surface area contributed by atoms with Gasteiger partial charge in [-0.2, -0.15) is 20.1 Å². The maximum atomic E-state index is 5.46. The lowest BCUT2D eigenvalue weighted by atomic mass is 10.1. The molecule has 1 N–H and O–H groups in total. The van der Waals surface area contributed by atoms with E-state index < -0.39 is 0 Å². The first kappa shape index (κ1) is 13.7. The molecule has 0 amide bonds. The van der Waals surface area contributed by atoms with Gasteiger partial charge >= 0.3 is 0 Å². The molecule has 8 heteroatoms. The number of methoxy groups -OCH3 is 1. The van der Waals surface area contributed by atoms with E-state index in [-0.39, 0.29) is 6.10 Å². The molecule has 2 aromatic rings. The molecule has 1 unspecified atom stereocenters. The van der Waals surface area contributed by atoms with Gasteiger partial charge in [0.15, 0.2) is 0 Å². The van der Waals surface area contributed by atoms with Gasteiger partial charge in [0.2, 0.25) is 11.9 Å². The van der Waals surface area contributed by atoms with Gasteiger partial charge in [0, 0.05) is 39.6 Å². The van der Waals surface area contributed by atoms with Crippen molar-refractivity contribution in [2.45, 2.75) is 18.9 Å². The van der Waals surface area contributed by atoms with Crippen LogP contribution in [-0.4, -0.2) is 58.1 Å². The molecule has 2 aromatic heterocycles. The SMILES string of the molecule is CNc1nc(N2CCCC(OC)C2)nc(-n2cccn2)n1. The Bertz CT molecular complexity index is 586. The molecular formula is C13H19N7O. The van der Waals surface area contributed by atoms with Gasteiger partial charge < -0.3 is 15.0 Å². The molecule has 1 fully saturated rings. The summed E-state index contributed by atoms with van der Waals surface area (Å²) >= 11 is 0. The first-order valence-electron chi connectivity index (χ1n) is 7.01. The standard InChI is InChI=1S/C13H19N7O/c1-14-11-16-12(19-7-3-5-10(9-19)21-2)18-13(17-11)20-8-4-6-15-20/h4,6,8,10H,3,5,7,9H2,1-2H3,(H,14,16,17,18). The van der Waals surface area contributed by atoms with Crippen molar-refractivity contribution in [1.82, 2.24) is 24.7 Å². The lowest BCUT2D eigenvalue weighted by Gasteiger charge is -2.32. The highest BCUT2D eigenvalue weighted by Gasteiger charge is 2.22. The van der Waals surface area contributed by atoms with Crippen molar-refractivity contribution >= 4 is 11.9 Å². The maximum Gasteiger partial charge on any atom is 0.257 e. The van der Waals surface area contributed by atoms with Crippen LogP contribution in [0.5, 0.6) is 0 Å². The average Bonchev–Trinajstić information content (AvgIpc) is 3.09. The quantitative estimate of drug-likeness (QED) is 0.888. The lowest BCUT2D eigenvalue weighted by molar-refractivity contribution is 0.0889. The third-order valence-corrected chi connectivity index (χ3v) is 3.54. The number of hydrogen-bond donors (Lipinski definition) is 1. The summed E-state index contributed by atoms with van der Waals surface area (Å²) in [4.78, 5) is 15.4. The highest BCUT2D eigenvalue weighted by atomic mass is 16.5. The van der Waals surface area contributed by atoms with Crippen LogP contribution in [0.25, 0.3) is 5.95 Å². The van der Waals surface area contributed by atoms with E-state index in [9.17, 15) is 0 Å². The lowest BCUT2D eigenvalue weighted by Crippen LogP contribution is -2.40. The summed E-state index contributed by atoms with van der Waals surface area (Å²) in [6.07, 6.45) is 5.87. The van der Waals surface area contributed by atoms with Gasteiger partial charge in [0.05, 0.1) is 6.10 Å². The van der Waals surface area contributed by atoms with Crippen molar-refractivity contribution in [2.75, 3.05) is 37.5 Å². The summed E-state index contributed by atoms with van der Waals surface area (Å²) in [6, 6.07) is 1.84. The smallest absolute Gasteiger partial charge is 0.257 e. The Labute approximate surface area is 123 Å². The van der Waals surface area contributed by atoms with Crippen LogP contribution < -0.4 is 10.2 Å². The van der Waals surface area contributed by atoms with Crippen molar-refractivity contribution < 1.29 is 4.74 Å². The molecule has 0 aliphatic carbocycles. The number of piperidine rings is 1. The second-order valence-corrected chi connectivity index (χ2v) is 4.91. The Morgan fingerprint density at radius 1 is 1.29 bits per heavy atom. The molecule has 1 aliphatic heterocycles. The van der Waals surface area contributed by atoms with Crippen molar-refractivity contribution in [1.29, 1.82) is 0 Å². The van der Waals surface area contributed by atoms with E-state index in [4.69, 9.17) is 4.74 Å². The second kappa shape index (κ2) is 6.04. The minimum atomic E-state index is 0.224. The first-order valence-corrected chi connectivity index (χ1v) is 7.01.